The first-order chi connectivity index (χ1) is 9.51. The van der Waals surface area contributed by atoms with Crippen molar-refractivity contribution < 1.29 is 8.78 Å². The van der Waals surface area contributed by atoms with E-state index in [0.29, 0.717) is 17.5 Å². The van der Waals surface area contributed by atoms with Crippen molar-refractivity contribution in [2.75, 3.05) is 17.7 Å². The number of rotatable bonds is 4. The molecule has 0 saturated carbocycles. The van der Waals surface area contributed by atoms with Crippen LogP contribution in [0.2, 0.25) is 0 Å². The van der Waals surface area contributed by atoms with E-state index < -0.39 is 11.6 Å². The molecule has 2 aromatic rings. The smallest absolute Gasteiger partial charge is 0.149 e. The Morgan fingerprint density at radius 3 is 2.20 bits per heavy atom. The molecule has 0 radical (unpaired) electrons. The highest BCUT2D eigenvalue weighted by atomic mass is 19.1. The summed E-state index contributed by atoms with van der Waals surface area (Å²) < 4.78 is 27.2. The molecule has 20 heavy (non-hydrogen) atoms. The standard InChI is InChI=1S/C14H16F2N4/c1-8(2)14-19-11(17-3)7-12(20-14)18-13-9(15)5-4-6-10(13)16/h4-8H,1-3H3,(H2,17,18,19,20). The van der Waals surface area contributed by atoms with E-state index in [1.165, 1.54) is 18.2 Å². The van der Waals surface area contributed by atoms with Crippen molar-refractivity contribution in [1.29, 1.82) is 0 Å². The van der Waals surface area contributed by atoms with E-state index in [1.807, 2.05) is 13.8 Å². The fraction of sp³-hybridized carbons (Fsp3) is 0.286. The van der Waals surface area contributed by atoms with Crippen LogP contribution in [0.15, 0.2) is 24.3 Å². The Balaban J connectivity index is 2.40. The topological polar surface area (TPSA) is 49.8 Å². The molecule has 2 rings (SSSR count). The number of benzene rings is 1. The Hall–Kier alpha value is -2.24. The van der Waals surface area contributed by atoms with Crippen LogP contribution < -0.4 is 10.6 Å². The predicted octanol–water partition coefficient (Wildman–Crippen LogP) is 3.66. The monoisotopic (exact) mass is 278 g/mol. The molecule has 0 aliphatic rings. The van der Waals surface area contributed by atoms with Crippen LogP contribution in [0.25, 0.3) is 0 Å². The number of hydrogen-bond donors (Lipinski definition) is 2. The second kappa shape index (κ2) is 5.81. The molecule has 0 spiro atoms. The van der Waals surface area contributed by atoms with E-state index in [9.17, 15) is 8.78 Å². The van der Waals surface area contributed by atoms with Crippen molar-refractivity contribution in [3.05, 3.63) is 41.7 Å². The summed E-state index contributed by atoms with van der Waals surface area (Å²) in [5.41, 5.74) is -0.219. The minimum absolute atomic E-state index is 0.106. The van der Waals surface area contributed by atoms with Crippen LogP contribution in [0.4, 0.5) is 26.1 Å². The van der Waals surface area contributed by atoms with Crippen molar-refractivity contribution >= 4 is 17.3 Å². The minimum atomic E-state index is -0.666. The Kier molecular flexibility index (Phi) is 4.12. The van der Waals surface area contributed by atoms with Crippen molar-refractivity contribution in [3.8, 4) is 0 Å². The van der Waals surface area contributed by atoms with Crippen molar-refractivity contribution in [2.24, 2.45) is 0 Å². The van der Waals surface area contributed by atoms with E-state index in [-0.39, 0.29) is 11.6 Å². The molecule has 0 amide bonds. The van der Waals surface area contributed by atoms with Crippen LogP contribution in [0, 0.1) is 11.6 Å². The Morgan fingerprint density at radius 1 is 1.05 bits per heavy atom. The summed E-state index contributed by atoms with van der Waals surface area (Å²) in [6.07, 6.45) is 0. The zero-order chi connectivity index (χ0) is 14.7. The summed E-state index contributed by atoms with van der Waals surface area (Å²) in [6, 6.07) is 5.29. The highest BCUT2D eigenvalue weighted by Crippen LogP contribution is 2.24. The number of para-hydroxylation sites is 1. The number of hydrogen-bond acceptors (Lipinski definition) is 4. The van der Waals surface area contributed by atoms with E-state index in [2.05, 4.69) is 20.6 Å². The van der Waals surface area contributed by atoms with Gasteiger partial charge in [0.15, 0.2) is 0 Å². The van der Waals surface area contributed by atoms with E-state index >= 15 is 0 Å². The molecule has 0 bridgehead atoms. The van der Waals surface area contributed by atoms with Gasteiger partial charge in [-0.05, 0) is 12.1 Å². The lowest BCUT2D eigenvalue weighted by molar-refractivity contribution is 0.590. The Bertz CT molecular complexity index is 594. The zero-order valence-corrected chi connectivity index (χ0v) is 11.5. The quantitative estimate of drug-likeness (QED) is 0.896. The van der Waals surface area contributed by atoms with Gasteiger partial charge >= 0.3 is 0 Å². The summed E-state index contributed by atoms with van der Waals surface area (Å²) in [6.45, 7) is 3.89. The molecule has 0 aliphatic carbocycles. The second-order valence-electron chi connectivity index (χ2n) is 4.62. The van der Waals surface area contributed by atoms with Crippen LogP contribution in [-0.2, 0) is 0 Å². The van der Waals surface area contributed by atoms with Gasteiger partial charge in [-0.15, -0.1) is 0 Å². The van der Waals surface area contributed by atoms with E-state index in [4.69, 9.17) is 0 Å². The van der Waals surface area contributed by atoms with Gasteiger partial charge in [0.2, 0.25) is 0 Å². The molecule has 0 saturated heterocycles. The lowest BCUT2D eigenvalue weighted by atomic mass is 10.2. The Labute approximate surface area is 116 Å². The highest BCUT2D eigenvalue weighted by molar-refractivity contribution is 5.60. The van der Waals surface area contributed by atoms with E-state index in [1.54, 1.807) is 13.1 Å². The van der Waals surface area contributed by atoms with Gasteiger partial charge in [-0.2, -0.15) is 0 Å². The normalized spacial score (nSPS) is 10.7. The van der Waals surface area contributed by atoms with Gasteiger partial charge in [0.25, 0.3) is 0 Å². The Morgan fingerprint density at radius 2 is 1.65 bits per heavy atom. The van der Waals surface area contributed by atoms with E-state index in [0.717, 1.165) is 0 Å². The van der Waals surface area contributed by atoms with Gasteiger partial charge in [-0.1, -0.05) is 19.9 Å². The fourth-order valence-corrected chi connectivity index (χ4v) is 1.66. The first-order valence-corrected chi connectivity index (χ1v) is 6.29. The lowest BCUT2D eigenvalue weighted by Gasteiger charge is -2.12. The number of aromatic nitrogens is 2. The third-order valence-electron chi connectivity index (χ3n) is 2.73. The molecule has 0 fully saturated rings. The van der Waals surface area contributed by atoms with Gasteiger partial charge in [-0.3, -0.25) is 0 Å². The molecule has 0 unspecified atom stereocenters. The average Bonchev–Trinajstić information content (AvgIpc) is 2.42. The molecule has 106 valence electrons. The van der Waals surface area contributed by atoms with Gasteiger partial charge in [-0.25, -0.2) is 18.7 Å². The number of nitrogens with one attached hydrogen (secondary N) is 2. The number of anilines is 3. The van der Waals surface area contributed by atoms with Crippen LogP contribution in [0.1, 0.15) is 25.6 Å². The second-order valence-corrected chi connectivity index (χ2v) is 4.62. The van der Waals surface area contributed by atoms with Gasteiger partial charge < -0.3 is 10.6 Å². The molecule has 1 aromatic heterocycles. The molecule has 6 heteroatoms. The molecule has 0 aliphatic heterocycles. The maximum atomic E-state index is 13.6. The molecule has 1 aromatic carbocycles. The largest absolute Gasteiger partial charge is 0.373 e. The van der Waals surface area contributed by atoms with Crippen LogP contribution >= 0.6 is 0 Å². The first kappa shape index (κ1) is 14.2. The van der Waals surface area contributed by atoms with Crippen molar-refractivity contribution in [3.63, 3.8) is 0 Å². The summed E-state index contributed by atoms with van der Waals surface area (Å²) in [5, 5.41) is 5.57. The van der Waals surface area contributed by atoms with Gasteiger partial charge in [0.05, 0.1) is 0 Å². The SMILES string of the molecule is CNc1cc(Nc2c(F)cccc2F)nc(C(C)C)n1. The van der Waals surface area contributed by atoms with Gasteiger partial charge in [0.1, 0.15) is 34.8 Å². The average molecular weight is 278 g/mol. The third kappa shape index (κ3) is 3.01. The molecule has 2 N–H and O–H groups in total. The third-order valence-corrected chi connectivity index (χ3v) is 2.73. The van der Waals surface area contributed by atoms with Crippen LogP contribution in [0.3, 0.4) is 0 Å². The minimum Gasteiger partial charge on any atom is -0.373 e. The fourth-order valence-electron chi connectivity index (χ4n) is 1.66. The number of halogens is 2. The summed E-state index contributed by atoms with van der Waals surface area (Å²) in [5.74, 6) is 0.298. The summed E-state index contributed by atoms with van der Waals surface area (Å²) in [4.78, 5) is 8.55. The molecule has 4 nitrogen and oxygen atoms in total. The van der Waals surface area contributed by atoms with Crippen molar-refractivity contribution in [2.45, 2.75) is 19.8 Å². The summed E-state index contributed by atoms with van der Waals surface area (Å²) >= 11 is 0. The zero-order valence-electron chi connectivity index (χ0n) is 11.5. The maximum absolute atomic E-state index is 13.6. The molecular weight excluding hydrogens is 262 g/mol. The molecular formula is C14H16F2N4. The number of nitrogens with zero attached hydrogens (tertiary/aromatic N) is 2. The lowest BCUT2D eigenvalue weighted by Crippen LogP contribution is -2.06. The van der Waals surface area contributed by atoms with Crippen molar-refractivity contribution in [1.82, 2.24) is 9.97 Å². The predicted molar refractivity (Wildman–Crippen MR) is 75.3 cm³/mol. The maximum Gasteiger partial charge on any atom is 0.149 e. The van der Waals surface area contributed by atoms with Gasteiger partial charge in [0, 0.05) is 19.0 Å². The molecule has 0 atom stereocenters. The highest BCUT2D eigenvalue weighted by Gasteiger charge is 2.12. The van der Waals surface area contributed by atoms with Crippen LogP contribution in [-0.4, -0.2) is 17.0 Å². The van der Waals surface area contributed by atoms with Crippen LogP contribution in [0.5, 0.6) is 0 Å². The first-order valence-electron chi connectivity index (χ1n) is 6.29. The summed E-state index contributed by atoms with van der Waals surface area (Å²) in [7, 11) is 1.72. The molecule has 1 heterocycles.